The predicted octanol–water partition coefficient (Wildman–Crippen LogP) is 2.84. The van der Waals surface area contributed by atoms with Crippen LogP contribution in [0.1, 0.15) is 45.1 Å². The van der Waals surface area contributed by atoms with E-state index in [0.717, 1.165) is 50.3 Å². The smallest absolute Gasteiger partial charge is 0.134 e. The van der Waals surface area contributed by atoms with E-state index in [9.17, 15) is 0 Å². The standard InChI is InChI=1S/C15H26N4O/c1-4-8-16-14-13(5-2)15(18-10-17-14)19-11-6-7-12(9-11)20-3/h10-12H,4-9H2,1-3H3,(H2,16,17,18,19). The molecule has 1 aromatic rings. The van der Waals surface area contributed by atoms with Gasteiger partial charge in [0.1, 0.15) is 18.0 Å². The molecule has 0 aliphatic heterocycles. The molecule has 1 aromatic heterocycles. The van der Waals surface area contributed by atoms with E-state index in [1.807, 2.05) is 0 Å². The van der Waals surface area contributed by atoms with Gasteiger partial charge in [0.25, 0.3) is 0 Å². The molecule has 1 aliphatic carbocycles. The summed E-state index contributed by atoms with van der Waals surface area (Å²) in [6, 6.07) is 0.458. The fourth-order valence-corrected chi connectivity index (χ4v) is 2.75. The first-order valence-electron chi connectivity index (χ1n) is 7.65. The minimum atomic E-state index is 0.386. The van der Waals surface area contributed by atoms with Crippen molar-refractivity contribution in [1.29, 1.82) is 0 Å². The molecule has 2 rings (SSSR count). The van der Waals surface area contributed by atoms with E-state index in [1.54, 1.807) is 13.4 Å². The van der Waals surface area contributed by atoms with Gasteiger partial charge >= 0.3 is 0 Å². The van der Waals surface area contributed by atoms with Crippen LogP contribution in [0.25, 0.3) is 0 Å². The van der Waals surface area contributed by atoms with Crippen LogP contribution in [-0.2, 0) is 11.2 Å². The van der Waals surface area contributed by atoms with E-state index in [1.165, 1.54) is 5.56 Å². The van der Waals surface area contributed by atoms with E-state index in [-0.39, 0.29) is 0 Å². The second kappa shape index (κ2) is 7.43. The Labute approximate surface area is 121 Å². The molecule has 0 aromatic carbocycles. The molecule has 2 atom stereocenters. The second-order valence-corrected chi connectivity index (χ2v) is 5.34. The van der Waals surface area contributed by atoms with Gasteiger partial charge in [-0.3, -0.25) is 0 Å². The lowest BCUT2D eigenvalue weighted by atomic mass is 10.2. The summed E-state index contributed by atoms with van der Waals surface area (Å²) in [4.78, 5) is 8.80. The highest BCUT2D eigenvalue weighted by Crippen LogP contribution is 2.27. The highest BCUT2D eigenvalue weighted by Gasteiger charge is 2.25. The first-order chi connectivity index (χ1) is 9.78. The minimum absolute atomic E-state index is 0.386. The van der Waals surface area contributed by atoms with Crippen molar-refractivity contribution in [2.75, 3.05) is 24.3 Å². The van der Waals surface area contributed by atoms with Crippen LogP contribution >= 0.6 is 0 Å². The van der Waals surface area contributed by atoms with Gasteiger partial charge in [0, 0.05) is 25.3 Å². The molecule has 0 spiro atoms. The Kier molecular flexibility index (Phi) is 5.59. The van der Waals surface area contributed by atoms with Crippen LogP contribution in [0.2, 0.25) is 0 Å². The number of rotatable bonds is 7. The predicted molar refractivity (Wildman–Crippen MR) is 82.2 cm³/mol. The molecular weight excluding hydrogens is 252 g/mol. The average molecular weight is 278 g/mol. The van der Waals surface area contributed by atoms with Gasteiger partial charge in [-0.1, -0.05) is 13.8 Å². The van der Waals surface area contributed by atoms with Crippen LogP contribution in [-0.4, -0.2) is 35.8 Å². The number of ether oxygens (including phenoxy) is 1. The Balaban J connectivity index is 2.07. The van der Waals surface area contributed by atoms with Gasteiger partial charge in [-0.25, -0.2) is 9.97 Å². The molecule has 20 heavy (non-hydrogen) atoms. The number of anilines is 2. The van der Waals surface area contributed by atoms with Gasteiger partial charge in [0.15, 0.2) is 0 Å². The van der Waals surface area contributed by atoms with Crippen LogP contribution < -0.4 is 10.6 Å². The Morgan fingerprint density at radius 2 is 2.05 bits per heavy atom. The summed E-state index contributed by atoms with van der Waals surface area (Å²) in [6.45, 7) is 5.24. The van der Waals surface area contributed by atoms with Gasteiger partial charge in [-0.15, -0.1) is 0 Å². The van der Waals surface area contributed by atoms with Crippen molar-refractivity contribution < 1.29 is 4.74 Å². The number of aromatic nitrogens is 2. The molecule has 1 heterocycles. The third-order valence-electron chi connectivity index (χ3n) is 3.90. The quantitative estimate of drug-likeness (QED) is 0.803. The monoisotopic (exact) mass is 278 g/mol. The summed E-state index contributed by atoms with van der Waals surface area (Å²) >= 11 is 0. The topological polar surface area (TPSA) is 59.1 Å². The summed E-state index contributed by atoms with van der Waals surface area (Å²) in [5.41, 5.74) is 1.18. The van der Waals surface area contributed by atoms with Crippen LogP contribution in [0.4, 0.5) is 11.6 Å². The molecule has 5 nitrogen and oxygen atoms in total. The Hall–Kier alpha value is -1.36. The number of hydrogen-bond acceptors (Lipinski definition) is 5. The molecule has 2 N–H and O–H groups in total. The molecule has 0 saturated heterocycles. The van der Waals surface area contributed by atoms with Crippen molar-refractivity contribution in [3.63, 3.8) is 0 Å². The van der Waals surface area contributed by atoms with Gasteiger partial charge in [-0.05, 0) is 32.1 Å². The fraction of sp³-hybridized carbons (Fsp3) is 0.733. The Morgan fingerprint density at radius 1 is 1.25 bits per heavy atom. The first-order valence-corrected chi connectivity index (χ1v) is 7.65. The maximum atomic E-state index is 5.43. The third kappa shape index (κ3) is 3.60. The van der Waals surface area contributed by atoms with Crippen LogP contribution in [0, 0.1) is 0 Å². The van der Waals surface area contributed by atoms with Crippen LogP contribution in [0.15, 0.2) is 6.33 Å². The number of nitrogens with one attached hydrogen (secondary N) is 2. The fourth-order valence-electron chi connectivity index (χ4n) is 2.75. The van der Waals surface area contributed by atoms with Gasteiger partial charge in [0.2, 0.25) is 0 Å². The van der Waals surface area contributed by atoms with E-state index >= 15 is 0 Å². The van der Waals surface area contributed by atoms with Crippen LogP contribution in [0.3, 0.4) is 0 Å². The molecule has 1 fully saturated rings. The summed E-state index contributed by atoms with van der Waals surface area (Å²) in [5, 5.41) is 6.95. The molecule has 112 valence electrons. The normalized spacial score (nSPS) is 21.9. The summed E-state index contributed by atoms with van der Waals surface area (Å²) < 4.78 is 5.43. The molecular formula is C15H26N4O. The highest BCUT2D eigenvalue weighted by atomic mass is 16.5. The molecule has 0 amide bonds. The van der Waals surface area contributed by atoms with Crippen molar-refractivity contribution in [2.45, 2.75) is 58.1 Å². The first kappa shape index (κ1) is 15.0. The lowest BCUT2D eigenvalue weighted by molar-refractivity contribution is 0.108. The zero-order valence-electron chi connectivity index (χ0n) is 12.8. The molecule has 0 bridgehead atoms. The number of nitrogens with zero attached hydrogens (tertiary/aromatic N) is 2. The number of hydrogen-bond donors (Lipinski definition) is 2. The van der Waals surface area contributed by atoms with E-state index in [2.05, 4.69) is 34.4 Å². The SMILES string of the molecule is CCCNc1ncnc(NC2CCC(OC)C2)c1CC. The van der Waals surface area contributed by atoms with Crippen molar-refractivity contribution in [1.82, 2.24) is 9.97 Å². The molecule has 1 aliphatic rings. The van der Waals surface area contributed by atoms with Gasteiger partial charge < -0.3 is 15.4 Å². The number of methoxy groups -OCH3 is 1. The Bertz CT molecular complexity index is 424. The third-order valence-corrected chi connectivity index (χ3v) is 3.90. The second-order valence-electron chi connectivity index (χ2n) is 5.34. The average Bonchev–Trinajstić information content (AvgIpc) is 2.93. The molecule has 5 heteroatoms. The van der Waals surface area contributed by atoms with Crippen molar-refractivity contribution in [3.8, 4) is 0 Å². The van der Waals surface area contributed by atoms with E-state index in [4.69, 9.17) is 4.74 Å². The zero-order valence-corrected chi connectivity index (χ0v) is 12.8. The van der Waals surface area contributed by atoms with Gasteiger partial charge in [0.05, 0.1) is 6.10 Å². The highest BCUT2D eigenvalue weighted by molar-refractivity contribution is 5.57. The van der Waals surface area contributed by atoms with Crippen LogP contribution in [0.5, 0.6) is 0 Å². The summed E-state index contributed by atoms with van der Waals surface area (Å²) in [7, 11) is 1.79. The summed E-state index contributed by atoms with van der Waals surface area (Å²) in [6.07, 6.45) is 7.37. The maximum absolute atomic E-state index is 5.43. The minimum Gasteiger partial charge on any atom is -0.381 e. The molecule has 1 saturated carbocycles. The van der Waals surface area contributed by atoms with Crippen molar-refractivity contribution >= 4 is 11.6 Å². The van der Waals surface area contributed by atoms with Gasteiger partial charge in [-0.2, -0.15) is 0 Å². The zero-order chi connectivity index (χ0) is 14.4. The lowest BCUT2D eigenvalue weighted by Gasteiger charge is -2.18. The van der Waals surface area contributed by atoms with E-state index < -0.39 is 0 Å². The van der Waals surface area contributed by atoms with Crippen molar-refractivity contribution in [2.24, 2.45) is 0 Å². The largest absolute Gasteiger partial charge is 0.381 e. The van der Waals surface area contributed by atoms with E-state index in [0.29, 0.717) is 12.1 Å². The maximum Gasteiger partial charge on any atom is 0.134 e. The molecule has 2 unspecified atom stereocenters. The summed E-state index contributed by atoms with van der Waals surface area (Å²) in [5.74, 6) is 1.94. The Morgan fingerprint density at radius 3 is 2.70 bits per heavy atom. The lowest BCUT2D eigenvalue weighted by Crippen LogP contribution is -2.20. The molecule has 0 radical (unpaired) electrons. The van der Waals surface area contributed by atoms with Crippen molar-refractivity contribution in [3.05, 3.63) is 11.9 Å².